The number of amides is 1. The molecule has 0 bridgehead atoms. The molecule has 0 fully saturated rings. The number of nitrogens with one attached hydrogen (secondary N) is 2. The van der Waals surface area contributed by atoms with Gasteiger partial charge in [0.1, 0.15) is 6.42 Å². The molecule has 2 N–H and O–H groups in total. The van der Waals surface area contributed by atoms with Crippen LogP contribution in [0.3, 0.4) is 0 Å². The fourth-order valence-corrected chi connectivity index (χ4v) is 4.62. The van der Waals surface area contributed by atoms with Gasteiger partial charge >= 0.3 is 5.97 Å². The van der Waals surface area contributed by atoms with Crippen LogP contribution in [0.2, 0.25) is 0 Å². The predicted molar refractivity (Wildman–Crippen MR) is 146 cm³/mol. The molecule has 1 unspecified atom stereocenters. The van der Waals surface area contributed by atoms with Crippen molar-refractivity contribution < 1.29 is 14.3 Å². The van der Waals surface area contributed by atoms with Crippen LogP contribution in [-0.4, -0.2) is 60.5 Å². The van der Waals surface area contributed by atoms with Gasteiger partial charge in [-0.05, 0) is 75.6 Å². The average Bonchev–Trinajstić information content (AvgIpc) is 2.88. The van der Waals surface area contributed by atoms with E-state index in [9.17, 15) is 9.59 Å². The minimum absolute atomic E-state index is 0.154. The number of anilines is 2. The highest BCUT2D eigenvalue weighted by Crippen LogP contribution is 2.42. The Kier molecular flexibility index (Phi) is 8.85. The lowest BCUT2D eigenvalue weighted by Crippen LogP contribution is -2.18. The molecule has 1 atom stereocenters. The third-order valence-corrected chi connectivity index (χ3v) is 6.40. The van der Waals surface area contributed by atoms with E-state index in [1.54, 1.807) is 6.92 Å². The van der Waals surface area contributed by atoms with Gasteiger partial charge in [0.2, 0.25) is 11.9 Å². The van der Waals surface area contributed by atoms with Crippen LogP contribution >= 0.6 is 0 Å². The SMILES string of the molecule is CCOC(=O)CC(=O)Nc1ccc(C2Cc3cnc(NCCCCN(C)C)nc3-c3ccccc32)cc1. The van der Waals surface area contributed by atoms with Crippen molar-refractivity contribution in [2.75, 3.05) is 44.4 Å². The molecular weight excluding hydrogens is 466 g/mol. The molecule has 1 aliphatic rings. The summed E-state index contributed by atoms with van der Waals surface area (Å²) in [5, 5.41) is 6.14. The van der Waals surface area contributed by atoms with Crippen molar-refractivity contribution in [1.29, 1.82) is 0 Å². The average molecular weight is 502 g/mol. The first-order chi connectivity index (χ1) is 17.9. The number of hydrogen-bond acceptors (Lipinski definition) is 7. The first-order valence-electron chi connectivity index (χ1n) is 12.8. The number of ether oxygens (including phenoxy) is 1. The third-order valence-electron chi connectivity index (χ3n) is 6.40. The molecule has 194 valence electrons. The van der Waals surface area contributed by atoms with Crippen LogP contribution in [0.25, 0.3) is 11.3 Å². The summed E-state index contributed by atoms with van der Waals surface area (Å²) < 4.78 is 4.84. The Hall–Kier alpha value is -3.78. The van der Waals surface area contributed by atoms with E-state index >= 15 is 0 Å². The standard InChI is InChI=1S/C29H35N5O3/c1-4-37-27(36)18-26(35)32-22-13-11-20(12-14-22)25-17-21-19-31-29(30-15-7-8-16-34(2)3)33-28(21)24-10-6-5-9-23(24)25/h5-6,9-14,19,25H,4,7-8,15-18H2,1-3H3,(H,32,35)(H,30,31,33). The Labute approximate surface area is 218 Å². The van der Waals surface area contributed by atoms with Crippen LogP contribution in [-0.2, 0) is 20.7 Å². The molecule has 1 heterocycles. The molecule has 4 rings (SSSR count). The van der Waals surface area contributed by atoms with Crippen LogP contribution in [0.1, 0.15) is 48.8 Å². The van der Waals surface area contributed by atoms with Crippen molar-refractivity contribution in [3.63, 3.8) is 0 Å². The summed E-state index contributed by atoms with van der Waals surface area (Å²) >= 11 is 0. The van der Waals surface area contributed by atoms with Gasteiger partial charge in [-0.1, -0.05) is 36.4 Å². The van der Waals surface area contributed by atoms with Gasteiger partial charge in [-0.2, -0.15) is 0 Å². The van der Waals surface area contributed by atoms with Crippen molar-refractivity contribution in [1.82, 2.24) is 14.9 Å². The summed E-state index contributed by atoms with van der Waals surface area (Å²) in [7, 11) is 4.18. The largest absolute Gasteiger partial charge is 0.466 e. The summed E-state index contributed by atoms with van der Waals surface area (Å²) in [5.74, 6) is -0.0948. The number of nitrogens with zero attached hydrogens (tertiary/aromatic N) is 3. The first-order valence-corrected chi connectivity index (χ1v) is 12.8. The maximum Gasteiger partial charge on any atom is 0.315 e. The normalized spacial score (nSPS) is 14.0. The molecule has 1 aliphatic carbocycles. The quantitative estimate of drug-likeness (QED) is 0.227. The molecular formula is C29H35N5O3. The Balaban J connectivity index is 1.46. The summed E-state index contributed by atoms with van der Waals surface area (Å²) in [5.41, 5.74) is 6.24. The first kappa shape index (κ1) is 26.3. The lowest BCUT2D eigenvalue weighted by atomic mass is 9.78. The zero-order valence-corrected chi connectivity index (χ0v) is 21.8. The fourth-order valence-electron chi connectivity index (χ4n) is 4.62. The monoisotopic (exact) mass is 501 g/mol. The Morgan fingerprint density at radius 3 is 2.62 bits per heavy atom. The second-order valence-electron chi connectivity index (χ2n) is 9.50. The maximum absolute atomic E-state index is 12.1. The van der Waals surface area contributed by atoms with Crippen LogP contribution in [0, 0.1) is 0 Å². The van der Waals surface area contributed by atoms with Gasteiger partial charge in [0.15, 0.2) is 0 Å². The molecule has 8 nitrogen and oxygen atoms in total. The second-order valence-corrected chi connectivity index (χ2v) is 9.50. The summed E-state index contributed by atoms with van der Waals surface area (Å²) in [4.78, 5) is 35.3. The number of carbonyl (C=O) groups is 2. The van der Waals surface area contributed by atoms with E-state index in [0.29, 0.717) is 11.6 Å². The number of hydrogen-bond donors (Lipinski definition) is 2. The number of aromatic nitrogens is 2. The summed E-state index contributed by atoms with van der Waals surface area (Å²) in [6.07, 6.45) is 4.64. The fraction of sp³-hybridized carbons (Fsp3) is 0.379. The van der Waals surface area contributed by atoms with Gasteiger partial charge in [0, 0.05) is 29.9 Å². The van der Waals surface area contributed by atoms with Crippen molar-refractivity contribution in [2.45, 2.75) is 38.5 Å². The van der Waals surface area contributed by atoms with E-state index in [0.717, 1.165) is 54.7 Å². The van der Waals surface area contributed by atoms with E-state index in [4.69, 9.17) is 9.72 Å². The number of unbranched alkanes of at least 4 members (excludes halogenated alkanes) is 1. The van der Waals surface area contributed by atoms with Crippen LogP contribution < -0.4 is 10.6 Å². The van der Waals surface area contributed by atoms with Gasteiger partial charge in [-0.15, -0.1) is 0 Å². The Bertz CT molecular complexity index is 1230. The van der Waals surface area contributed by atoms with E-state index in [1.165, 1.54) is 5.56 Å². The zero-order valence-electron chi connectivity index (χ0n) is 21.8. The molecule has 2 aromatic carbocycles. The number of rotatable bonds is 11. The van der Waals surface area contributed by atoms with Crippen molar-refractivity contribution in [3.8, 4) is 11.3 Å². The molecule has 37 heavy (non-hydrogen) atoms. The molecule has 0 aliphatic heterocycles. The Morgan fingerprint density at radius 2 is 1.86 bits per heavy atom. The molecule has 1 amide bonds. The highest BCUT2D eigenvalue weighted by molar-refractivity contribution is 6.01. The van der Waals surface area contributed by atoms with Crippen LogP contribution in [0.5, 0.6) is 0 Å². The van der Waals surface area contributed by atoms with Crippen molar-refractivity contribution in [2.24, 2.45) is 0 Å². The van der Waals surface area contributed by atoms with E-state index in [2.05, 4.69) is 52.8 Å². The highest BCUT2D eigenvalue weighted by Gasteiger charge is 2.27. The van der Waals surface area contributed by atoms with Gasteiger partial charge in [0.05, 0.1) is 12.3 Å². The van der Waals surface area contributed by atoms with Crippen molar-refractivity contribution in [3.05, 3.63) is 71.4 Å². The number of carbonyl (C=O) groups excluding carboxylic acids is 2. The molecule has 0 saturated heterocycles. The highest BCUT2D eigenvalue weighted by atomic mass is 16.5. The minimum atomic E-state index is -0.529. The van der Waals surface area contributed by atoms with Gasteiger partial charge in [-0.25, -0.2) is 9.97 Å². The van der Waals surface area contributed by atoms with Crippen LogP contribution in [0.4, 0.5) is 11.6 Å². The second kappa shape index (κ2) is 12.5. The summed E-state index contributed by atoms with van der Waals surface area (Å²) in [6, 6.07) is 16.2. The molecule has 0 saturated carbocycles. The topological polar surface area (TPSA) is 96.5 Å². The van der Waals surface area contributed by atoms with E-state index in [1.807, 2.05) is 36.5 Å². The van der Waals surface area contributed by atoms with Crippen molar-refractivity contribution >= 4 is 23.5 Å². The van der Waals surface area contributed by atoms with E-state index in [-0.39, 0.29) is 24.9 Å². The van der Waals surface area contributed by atoms with Gasteiger partial charge < -0.3 is 20.3 Å². The zero-order chi connectivity index (χ0) is 26.2. The lowest BCUT2D eigenvalue weighted by Gasteiger charge is -2.27. The molecule has 0 spiro atoms. The number of esters is 1. The van der Waals surface area contributed by atoms with Gasteiger partial charge in [-0.3, -0.25) is 9.59 Å². The van der Waals surface area contributed by atoms with Gasteiger partial charge in [0.25, 0.3) is 0 Å². The smallest absolute Gasteiger partial charge is 0.315 e. The Morgan fingerprint density at radius 1 is 1.08 bits per heavy atom. The molecule has 1 aromatic heterocycles. The van der Waals surface area contributed by atoms with Crippen LogP contribution in [0.15, 0.2) is 54.7 Å². The molecule has 0 radical (unpaired) electrons. The minimum Gasteiger partial charge on any atom is -0.466 e. The number of benzene rings is 2. The van der Waals surface area contributed by atoms with E-state index < -0.39 is 5.97 Å². The lowest BCUT2D eigenvalue weighted by molar-refractivity contribution is -0.145. The molecule has 8 heteroatoms. The summed E-state index contributed by atoms with van der Waals surface area (Å²) in [6.45, 7) is 3.89. The third kappa shape index (κ3) is 6.92. The predicted octanol–water partition coefficient (Wildman–Crippen LogP) is 4.48. The maximum atomic E-state index is 12.1. The number of fused-ring (bicyclic) bond motifs is 3. The molecule has 3 aromatic rings.